The number of ether oxygens (including phenoxy) is 1. The predicted molar refractivity (Wildman–Crippen MR) is 105 cm³/mol. The third-order valence-corrected chi connectivity index (χ3v) is 5.00. The van der Waals surface area contributed by atoms with Gasteiger partial charge < -0.3 is 19.6 Å². The molecular weight excluding hydrogens is 362 g/mol. The minimum Gasteiger partial charge on any atom is -0.494 e. The molecule has 0 aliphatic rings. The minimum absolute atomic E-state index is 0.00479. The molecule has 3 aromatic rings. The molecule has 2 aromatic heterocycles. The zero-order chi connectivity index (χ0) is 19.1. The lowest BCUT2D eigenvalue weighted by molar-refractivity contribution is 0.0528. The molecule has 0 saturated carbocycles. The van der Waals surface area contributed by atoms with E-state index in [2.05, 4.69) is 12.2 Å². The van der Waals surface area contributed by atoms with Crippen molar-refractivity contribution in [3.63, 3.8) is 0 Å². The lowest BCUT2D eigenvalue weighted by atomic mass is 9.93. The molecule has 0 aliphatic carbocycles. The molecule has 6 heteroatoms. The Morgan fingerprint density at radius 1 is 1.26 bits per heavy atom. The number of unbranched alkanes of at least 4 members (excludes halogenated alkanes) is 1. The summed E-state index contributed by atoms with van der Waals surface area (Å²) in [7, 11) is 0. The highest BCUT2D eigenvalue weighted by molar-refractivity contribution is 7.08. The predicted octanol–water partition coefficient (Wildman–Crippen LogP) is 4.19. The van der Waals surface area contributed by atoms with E-state index < -0.39 is 5.60 Å². The van der Waals surface area contributed by atoms with Crippen LogP contribution in [0.15, 0.2) is 63.9 Å². The van der Waals surface area contributed by atoms with Crippen LogP contribution in [-0.4, -0.2) is 24.2 Å². The molecular formula is C21H23NO4S. The molecule has 142 valence electrons. The zero-order valence-electron chi connectivity index (χ0n) is 15.2. The van der Waals surface area contributed by atoms with Gasteiger partial charge in [-0.25, -0.2) is 0 Å². The Kier molecular flexibility index (Phi) is 6.32. The smallest absolute Gasteiger partial charge is 0.251 e. The molecule has 2 N–H and O–H groups in total. The van der Waals surface area contributed by atoms with E-state index in [1.165, 1.54) is 17.6 Å². The molecule has 5 nitrogen and oxygen atoms in total. The Morgan fingerprint density at radius 3 is 2.70 bits per heavy atom. The second-order valence-electron chi connectivity index (χ2n) is 6.26. The van der Waals surface area contributed by atoms with Gasteiger partial charge in [-0.15, -0.1) is 0 Å². The van der Waals surface area contributed by atoms with E-state index in [0.717, 1.165) is 18.6 Å². The van der Waals surface area contributed by atoms with Crippen LogP contribution in [0.25, 0.3) is 0 Å². The van der Waals surface area contributed by atoms with Gasteiger partial charge in [0, 0.05) is 11.1 Å². The third-order valence-electron chi connectivity index (χ3n) is 4.32. The quantitative estimate of drug-likeness (QED) is 0.542. The molecule has 3 rings (SSSR count). The fraction of sp³-hybridized carbons (Fsp3) is 0.286. The topological polar surface area (TPSA) is 71.7 Å². The van der Waals surface area contributed by atoms with Gasteiger partial charge in [0.05, 0.1) is 19.4 Å². The first-order valence-corrected chi connectivity index (χ1v) is 9.88. The SMILES string of the molecule is CCCCOc1ccc(C(=O)NC[C@](O)(c2ccsc2)c2ccco2)cc1. The van der Waals surface area contributed by atoms with Gasteiger partial charge in [0.2, 0.25) is 0 Å². The number of hydrogen-bond donors (Lipinski definition) is 2. The summed E-state index contributed by atoms with van der Waals surface area (Å²) < 4.78 is 11.0. The highest BCUT2D eigenvalue weighted by atomic mass is 32.1. The molecule has 1 atom stereocenters. The van der Waals surface area contributed by atoms with Crippen molar-refractivity contribution < 1.29 is 19.1 Å². The number of carbonyl (C=O) groups excluding carboxylic acids is 1. The maximum Gasteiger partial charge on any atom is 0.251 e. The largest absolute Gasteiger partial charge is 0.494 e. The van der Waals surface area contributed by atoms with Crippen LogP contribution in [0, 0.1) is 0 Å². The van der Waals surface area contributed by atoms with E-state index in [0.29, 0.717) is 23.5 Å². The summed E-state index contributed by atoms with van der Waals surface area (Å²) in [5.41, 5.74) is -0.227. The second-order valence-corrected chi connectivity index (χ2v) is 7.04. The van der Waals surface area contributed by atoms with Crippen LogP contribution in [0.2, 0.25) is 0 Å². The van der Waals surface area contributed by atoms with E-state index in [9.17, 15) is 9.90 Å². The van der Waals surface area contributed by atoms with Crippen molar-refractivity contribution in [1.82, 2.24) is 5.32 Å². The molecule has 0 bridgehead atoms. The van der Waals surface area contributed by atoms with Crippen molar-refractivity contribution in [3.8, 4) is 5.75 Å². The summed E-state index contributed by atoms with van der Waals surface area (Å²) in [6.45, 7) is 2.78. The molecule has 0 spiro atoms. The minimum atomic E-state index is -1.41. The number of aliphatic hydroxyl groups is 1. The number of carbonyl (C=O) groups is 1. The average Bonchev–Trinajstić information content (AvgIpc) is 3.41. The Morgan fingerprint density at radius 2 is 2.07 bits per heavy atom. The van der Waals surface area contributed by atoms with Crippen LogP contribution in [0.1, 0.15) is 41.4 Å². The van der Waals surface area contributed by atoms with Crippen molar-refractivity contribution in [1.29, 1.82) is 0 Å². The first kappa shape index (κ1) is 19.2. The monoisotopic (exact) mass is 385 g/mol. The van der Waals surface area contributed by atoms with Crippen molar-refractivity contribution in [2.24, 2.45) is 0 Å². The number of nitrogens with one attached hydrogen (secondary N) is 1. The molecule has 0 unspecified atom stereocenters. The molecule has 0 fully saturated rings. The zero-order valence-corrected chi connectivity index (χ0v) is 16.0. The highest BCUT2D eigenvalue weighted by Gasteiger charge is 2.35. The van der Waals surface area contributed by atoms with Gasteiger partial charge in [-0.2, -0.15) is 11.3 Å². The first-order chi connectivity index (χ1) is 13.1. The number of hydrogen-bond acceptors (Lipinski definition) is 5. The Balaban J connectivity index is 1.66. The molecule has 27 heavy (non-hydrogen) atoms. The number of thiophene rings is 1. The van der Waals surface area contributed by atoms with E-state index in [4.69, 9.17) is 9.15 Å². The van der Waals surface area contributed by atoms with Crippen LogP contribution in [-0.2, 0) is 5.60 Å². The van der Waals surface area contributed by atoms with Gasteiger partial charge in [-0.3, -0.25) is 4.79 Å². The van der Waals surface area contributed by atoms with Crippen molar-refractivity contribution in [3.05, 3.63) is 76.4 Å². The van der Waals surface area contributed by atoms with Gasteiger partial charge in [0.25, 0.3) is 5.91 Å². The van der Waals surface area contributed by atoms with E-state index >= 15 is 0 Å². The second kappa shape index (κ2) is 8.88. The van der Waals surface area contributed by atoms with E-state index in [1.807, 2.05) is 16.8 Å². The highest BCUT2D eigenvalue weighted by Crippen LogP contribution is 2.31. The fourth-order valence-electron chi connectivity index (χ4n) is 2.69. The summed E-state index contributed by atoms with van der Waals surface area (Å²) >= 11 is 1.48. The van der Waals surface area contributed by atoms with Crippen LogP contribution in [0.3, 0.4) is 0 Å². The normalized spacial score (nSPS) is 13.1. The third kappa shape index (κ3) is 4.59. The van der Waals surface area contributed by atoms with Crippen LogP contribution in [0.5, 0.6) is 5.75 Å². The summed E-state index contributed by atoms with van der Waals surface area (Å²) in [5.74, 6) is 0.863. The maximum atomic E-state index is 12.5. The fourth-order valence-corrected chi connectivity index (χ4v) is 3.42. The van der Waals surface area contributed by atoms with Gasteiger partial charge in [0.1, 0.15) is 11.5 Å². The lowest BCUT2D eigenvalue weighted by Crippen LogP contribution is -2.41. The lowest BCUT2D eigenvalue weighted by Gasteiger charge is -2.25. The molecule has 0 saturated heterocycles. The van der Waals surface area contributed by atoms with Crippen LogP contribution in [0.4, 0.5) is 0 Å². The number of furan rings is 1. The molecule has 0 aliphatic heterocycles. The van der Waals surface area contributed by atoms with Crippen molar-refractivity contribution in [2.45, 2.75) is 25.4 Å². The number of rotatable bonds is 9. The van der Waals surface area contributed by atoms with Gasteiger partial charge in [0.15, 0.2) is 5.60 Å². The summed E-state index contributed by atoms with van der Waals surface area (Å²) in [6, 6.07) is 12.2. The first-order valence-electron chi connectivity index (χ1n) is 8.93. The van der Waals surface area contributed by atoms with E-state index in [1.54, 1.807) is 36.4 Å². The summed E-state index contributed by atoms with van der Waals surface area (Å²) in [5, 5.41) is 17.7. The van der Waals surface area contributed by atoms with Crippen LogP contribution < -0.4 is 10.1 Å². The van der Waals surface area contributed by atoms with Gasteiger partial charge in [-0.05, 0) is 59.6 Å². The standard InChI is InChI=1S/C21H23NO4S/c1-2-3-11-25-18-8-6-16(7-9-18)20(23)22-15-21(24,17-10-13-27-14-17)19-5-4-12-26-19/h4-10,12-14,24H,2-3,11,15H2,1H3,(H,22,23)/t21-/m0/s1. The average molecular weight is 385 g/mol. The van der Waals surface area contributed by atoms with Crippen LogP contribution >= 0.6 is 11.3 Å². The van der Waals surface area contributed by atoms with Gasteiger partial charge in [-0.1, -0.05) is 13.3 Å². The van der Waals surface area contributed by atoms with E-state index in [-0.39, 0.29) is 12.5 Å². The Bertz CT molecular complexity index is 791. The number of benzene rings is 1. The maximum absolute atomic E-state index is 12.5. The Labute approximate surface area is 162 Å². The number of amides is 1. The molecule has 1 aromatic carbocycles. The summed E-state index contributed by atoms with van der Waals surface area (Å²) in [4.78, 5) is 12.5. The van der Waals surface area contributed by atoms with Gasteiger partial charge >= 0.3 is 0 Å². The van der Waals surface area contributed by atoms with Crippen molar-refractivity contribution >= 4 is 17.2 Å². The summed E-state index contributed by atoms with van der Waals surface area (Å²) in [6.07, 6.45) is 3.57. The Hall–Kier alpha value is -2.57. The molecule has 0 radical (unpaired) electrons. The molecule has 2 heterocycles. The molecule has 1 amide bonds. The van der Waals surface area contributed by atoms with Crippen molar-refractivity contribution in [2.75, 3.05) is 13.2 Å².